The van der Waals surface area contributed by atoms with Crippen LogP contribution >= 0.6 is 17.0 Å². The van der Waals surface area contributed by atoms with Gasteiger partial charge in [0, 0.05) is 11.1 Å². The first-order valence-electron chi connectivity index (χ1n) is 33.5. The molecular formula is C82H110Cl2Si2Zr. The average molecular weight is 1310 g/mol. The van der Waals surface area contributed by atoms with Crippen molar-refractivity contribution >= 4 is 45.3 Å². The molecule has 12 rings (SSSR count). The van der Waals surface area contributed by atoms with Crippen molar-refractivity contribution < 1.29 is 20.8 Å². The Hall–Kier alpha value is -3.30. The number of allylic oxidation sites excluding steroid dienone is 2. The third kappa shape index (κ3) is 13.9. The first-order valence-corrected chi connectivity index (χ1v) is 46.1. The molecule has 6 aliphatic carbocycles. The Bertz CT molecular complexity index is 3050. The maximum absolute atomic E-state index is 4.93. The monoisotopic (exact) mass is 1310 g/mol. The number of hydrogen-bond donors (Lipinski definition) is 0. The van der Waals surface area contributed by atoms with Crippen LogP contribution in [0.3, 0.4) is 0 Å². The molecule has 87 heavy (non-hydrogen) atoms. The van der Waals surface area contributed by atoms with Gasteiger partial charge in [-0.1, -0.05) is 264 Å². The molecule has 14 atom stereocenters. The maximum atomic E-state index is 4.93. The van der Waals surface area contributed by atoms with Gasteiger partial charge in [0.15, 0.2) is 0 Å². The number of hydrogen-bond acceptors (Lipinski definition) is 0. The van der Waals surface area contributed by atoms with Gasteiger partial charge in [-0.05, 0) is 213 Å². The minimum atomic E-state index is -1.97. The number of fused-ring (bicyclic) bond motifs is 4. The molecule has 0 aliphatic heterocycles. The van der Waals surface area contributed by atoms with Gasteiger partial charge in [0.2, 0.25) is 0 Å². The molecule has 0 bridgehead atoms. The van der Waals surface area contributed by atoms with Crippen LogP contribution in [0.15, 0.2) is 157 Å². The van der Waals surface area contributed by atoms with Gasteiger partial charge in [-0.15, -0.1) is 0 Å². The Morgan fingerprint density at radius 2 is 0.747 bits per heavy atom. The third-order valence-electron chi connectivity index (χ3n) is 23.6. The van der Waals surface area contributed by atoms with Crippen LogP contribution in [0.2, 0.25) is 37.3 Å². The Labute approximate surface area is 552 Å². The second-order valence-electron chi connectivity index (χ2n) is 30.7. The molecule has 5 heteroatoms. The predicted octanol–water partition coefficient (Wildman–Crippen LogP) is 25.7. The molecule has 0 amide bonds. The van der Waals surface area contributed by atoms with Gasteiger partial charge >= 0.3 is 37.9 Å². The van der Waals surface area contributed by atoms with Gasteiger partial charge in [-0.2, -0.15) is 0 Å². The van der Waals surface area contributed by atoms with Gasteiger partial charge in [0.25, 0.3) is 0 Å². The fourth-order valence-electron chi connectivity index (χ4n) is 20.2. The first-order chi connectivity index (χ1) is 40.6. The van der Waals surface area contributed by atoms with E-state index in [0.717, 1.165) is 82.1 Å². The van der Waals surface area contributed by atoms with Crippen LogP contribution in [0.25, 0.3) is 34.4 Å². The predicted molar refractivity (Wildman–Crippen MR) is 387 cm³/mol. The quantitative estimate of drug-likeness (QED) is 0.0846. The molecule has 4 saturated carbocycles. The fraction of sp³-hybridized carbons (Fsp3) is 0.488. The molecule has 0 heterocycles. The van der Waals surface area contributed by atoms with E-state index in [1.165, 1.54) is 83.0 Å². The summed E-state index contributed by atoms with van der Waals surface area (Å²) in [6.07, 6.45) is 13.9. The normalized spacial score (nSPS) is 27.9. The summed E-state index contributed by atoms with van der Waals surface area (Å²) < 4.78 is 0. The molecule has 464 valence electrons. The SMILES string of the molecule is CC(C)C1CC(c2ccccc2)C2CC(C)C([Si](C)(C)C3C(C)CC4C(c5ccccc5)CC(C(C)C)CC43)C2C1.CC1=Cc2c(-c3ccccc3)cc(C(C)C)cc2C1[Si](C)(C)C1C(C)=Cc2c(-c3ccccc3)cc(C(C)C)cc21.[CH3-].[CH3-].[Cl][Zr+2][Cl]. The van der Waals surface area contributed by atoms with Crippen molar-refractivity contribution in [3.63, 3.8) is 0 Å². The second-order valence-corrected chi connectivity index (χ2v) is 44.2. The van der Waals surface area contributed by atoms with Crippen LogP contribution < -0.4 is 0 Å². The van der Waals surface area contributed by atoms with Crippen molar-refractivity contribution in [3.8, 4) is 22.3 Å². The summed E-state index contributed by atoms with van der Waals surface area (Å²) in [4.78, 5) is 0. The first kappa shape index (κ1) is 69.6. The summed E-state index contributed by atoms with van der Waals surface area (Å²) in [5.74, 6) is 11.4. The Balaban J connectivity index is 0.000000211. The second kappa shape index (κ2) is 29.1. The Morgan fingerprint density at radius 3 is 1.06 bits per heavy atom. The van der Waals surface area contributed by atoms with Crippen LogP contribution in [0.1, 0.15) is 201 Å². The van der Waals surface area contributed by atoms with Crippen molar-refractivity contribution in [1.29, 1.82) is 0 Å². The summed E-state index contributed by atoms with van der Waals surface area (Å²) in [6, 6.07) is 55.6. The van der Waals surface area contributed by atoms with Gasteiger partial charge in [0.05, 0.1) is 16.1 Å². The molecule has 0 radical (unpaired) electrons. The van der Waals surface area contributed by atoms with Crippen molar-refractivity contribution in [2.75, 3.05) is 0 Å². The van der Waals surface area contributed by atoms with Gasteiger partial charge < -0.3 is 14.9 Å². The van der Waals surface area contributed by atoms with Crippen LogP contribution in [0.4, 0.5) is 0 Å². The summed E-state index contributed by atoms with van der Waals surface area (Å²) in [7, 11) is 6.33. The van der Waals surface area contributed by atoms with E-state index in [9.17, 15) is 0 Å². The van der Waals surface area contributed by atoms with E-state index in [0.29, 0.717) is 22.9 Å². The zero-order valence-corrected chi connectivity index (χ0v) is 62.9. The van der Waals surface area contributed by atoms with E-state index < -0.39 is 37.0 Å². The Morgan fingerprint density at radius 1 is 0.425 bits per heavy atom. The van der Waals surface area contributed by atoms with Crippen molar-refractivity contribution in [3.05, 3.63) is 216 Å². The van der Waals surface area contributed by atoms with Crippen molar-refractivity contribution in [1.82, 2.24) is 0 Å². The summed E-state index contributed by atoms with van der Waals surface area (Å²) >= 11 is -0.826. The molecule has 0 spiro atoms. The van der Waals surface area contributed by atoms with Gasteiger partial charge in [0.1, 0.15) is 0 Å². The van der Waals surface area contributed by atoms with E-state index in [2.05, 4.69) is 267 Å². The van der Waals surface area contributed by atoms with Crippen molar-refractivity contribution in [2.45, 2.75) is 194 Å². The van der Waals surface area contributed by atoms with E-state index in [-0.39, 0.29) is 14.9 Å². The van der Waals surface area contributed by atoms with Crippen LogP contribution in [-0.2, 0) is 20.8 Å². The molecular weight excluding hydrogens is 1200 g/mol. The van der Waals surface area contributed by atoms with Crippen LogP contribution in [0.5, 0.6) is 0 Å². The summed E-state index contributed by atoms with van der Waals surface area (Å²) in [6.45, 7) is 40.8. The zero-order chi connectivity index (χ0) is 60.8. The zero-order valence-electron chi connectivity index (χ0n) is 56.9. The molecule has 0 saturated heterocycles. The summed E-state index contributed by atoms with van der Waals surface area (Å²) in [5, 5.41) is 0. The molecule has 6 aliphatic rings. The molecule has 4 fully saturated rings. The molecule has 0 aromatic heterocycles. The van der Waals surface area contributed by atoms with E-state index in [1.807, 2.05) is 0 Å². The number of halogens is 2. The van der Waals surface area contributed by atoms with E-state index >= 15 is 0 Å². The minimum absolute atomic E-state index is 0. The van der Waals surface area contributed by atoms with E-state index in [1.54, 1.807) is 33.4 Å². The fourth-order valence-corrected chi connectivity index (χ4v) is 31.8. The van der Waals surface area contributed by atoms with Gasteiger partial charge in [-0.25, -0.2) is 0 Å². The molecule has 0 nitrogen and oxygen atoms in total. The Kier molecular flexibility index (Phi) is 23.3. The number of rotatable bonds is 12. The van der Waals surface area contributed by atoms with E-state index in [4.69, 9.17) is 17.0 Å². The number of benzene rings is 6. The molecule has 0 N–H and O–H groups in total. The summed E-state index contributed by atoms with van der Waals surface area (Å²) in [5.41, 5.74) is 23.7. The average Bonchev–Trinajstić information content (AvgIpc) is 1.61. The topological polar surface area (TPSA) is 0 Å². The molecule has 14 unspecified atom stereocenters. The molecule has 6 aromatic carbocycles. The molecule has 6 aromatic rings. The third-order valence-corrected chi connectivity index (χ3v) is 33.6. The van der Waals surface area contributed by atoms with Crippen LogP contribution in [-0.4, -0.2) is 16.1 Å². The van der Waals surface area contributed by atoms with Gasteiger partial charge in [-0.3, -0.25) is 0 Å². The van der Waals surface area contributed by atoms with Crippen molar-refractivity contribution in [2.24, 2.45) is 59.2 Å². The van der Waals surface area contributed by atoms with Crippen LogP contribution in [0, 0.1) is 74.0 Å². The standard InChI is InChI=1S/C40H60Si.C40H44Si.2CH3.2ClH.Zr/c2*1-25(2)31-21-33(29-15-11-9-12-16-29)35-19-27(5)39(37(35)23-31)41(7,8)40-28(6)20-36-34(30-17-13-10-14-18-30)22-32(26(3)4)24-38(36)40;;;;;/h9-18,25-28,31-40H,19-24H2,1-8H3;9-26,39-40H,1-8H3;2*1H3;2*1H;/q;;2*-1;;;+4/p-2.